The van der Waals surface area contributed by atoms with Gasteiger partial charge in [-0.25, -0.2) is 4.39 Å². The average Bonchev–Trinajstić information content (AvgIpc) is 2.26. The Balaban J connectivity index is 2.59. The molecule has 0 saturated heterocycles. The van der Waals surface area contributed by atoms with Crippen molar-refractivity contribution >= 4 is 17.5 Å². The third-order valence-electron chi connectivity index (χ3n) is 2.63. The lowest BCUT2D eigenvalue weighted by atomic mass is 10.1. The van der Waals surface area contributed by atoms with Gasteiger partial charge in [0.2, 0.25) is 5.91 Å². The molecule has 1 rings (SSSR count). The van der Waals surface area contributed by atoms with Crippen molar-refractivity contribution in [3.63, 3.8) is 0 Å². The third kappa shape index (κ3) is 4.63. The van der Waals surface area contributed by atoms with Crippen molar-refractivity contribution in [2.24, 2.45) is 5.73 Å². The molecule has 100 valence electrons. The molecular formula is C13H18ClFN2O. The maximum absolute atomic E-state index is 12.9. The SMILES string of the molecule is CC(N)CCC(=O)NC(C)c1ccc(F)cc1Cl. The van der Waals surface area contributed by atoms with Crippen molar-refractivity contribution in [3.05, 3.63) is 34.6 Å². The fourth-order valence-corrected chi connectivity index (χ4v) is 1.93. The first kappa shape index (κ1) is 14.9. The van der Waals surface area contributed by atoms with Gasteiger partial charge in [0.15, 0.2) is 0 Å². The van der Waals surface area contributed by atoms with E-state index in [1.54, 1.807) is 6.07 Å². The number of nitrogens with one attached hydrogen (secondary N) is 1. The standard InChI is InChI=1S/C13H18ClFN2O/c1-8(16)3-6-13(18)17-9(2)11-5-4-10(15)7-12(11)14/h4-5,7-9H,3,6,16H2,1-2H3,(H,17,18). The molecule has 1 aromatic carbocycles. The Morgan fingerprint density at radius 2 is 2.17 bits per heavy atom. The molecule has 3 nitrogen and oxygen atoms in total. The number of rotatable bonds is 5. The number of carbonyl (C=O) groups is 1. The number of benzene rings is 1. The van der Waals surface area contributed by atoms with Gasteiger partial charge in [-0.1, -0.05) is 17.7 Å². The second-order valence-corrected chi connectivity index (χ2v) is 4.88. The summed E-state index contributed by atoms with van der Waals surface area (Å²) in [6.45, 7) is 3.66. The summed E-state index contributed by atoms with van der Waals surface area (Å²) in [5.74, 6) is -0.473. The molecule has 18 heavy (non-hydrogen) atoms. The van der Waals surface area contributed by atoms with Crippen LogP contribution in [-0.4, -0.2) is 11.9 Å². The highest BCUT2D eigenvalue weighted by atomic mass is 35.5. The summed E-state index contributed by atoms with van der Waals surface area (Å²) in [5, 5.41) is 3.13. The molecule has 0 aromatic heterocycles. The molecular weight excluding hydrogens is 255 g/mol. The lowest BCUT2D eigenvalue weighted by Crippen LogP contribution is -2.28. The smallest absolute Gasteiger partial charge is 0.220 e. The number of hydrogen-bond acceptors (Lipinski definition) is 2. The Kier molecular flexibility index (Phi) is 5.56. The van der Waals surface area contributed by atoms with Gasteiger partial charge >= 0.3 is 0 Å². The number of carbonyl (C=O) groups excluding carboxylic acids is 1. The van der Waals surface area contributed by atoms with E-state index in [9.17, 15) is 9.18 Å². The molecule has 0 spiro atoms. The number of hydrogen-bond donors (Lipinski definition) is 2. The number of nitrogens with two attached hydrogens (primary N) is 1. The number of halogens is 2. The van der Waals surface area contributed by atoms with Gasteiger partial charge in [-0.3, -0.25) is 4.79 Å². The summed E-state index contributed by atoms with van der Waals surface area (Å²) in [4.78, 5) is 11.6. The van der Waals surface area contributed by atoms with Crippen LogP contribution in [-0.2, 0) is 4.79 Å². The zero-order chi connectivity index (χ0) is 13.7. The van der Waals surface area contributed by atoms with Crippen molar-refractivity contribution in [1.82, 2.24) is 5.32 Å². The third-order valence-corrected chi connectivity index (χ3v) is 2.96. The summed E-state index contributed by atoms with van der Waals surface area (Å²) in [6.07, 6.45) is 1.01. The first-order valence-electron chi connectivity index (χ1n) is 5.90. The van der Waals surface area contributed by atoms with Crippen LogP contribution in [0.1, 0.15) is 38.3 Å². The monoisotopic (exact) mass is 272 g/mol. The lowest BCUT2D eigenvalue weighted by Gasteiger charge is -2.16. The summed E-state index contributed by atoms with van der Waals surface area (Å²) in [5.41, 5.74) is 6.28. The predicted molar refractivity (Wildman–Crippen MR) is 70.9 cm³/mol. The molecule has 0 fully saturated rings. The molecule has 1 amide bonds. The Labute approximate surface area is 112 Å². The second-order valence-electron chi connectivity index (χ2n) is 4.47. The molecule has 1 aromatic rings. The average molecular weight is 273 g/mol. The van der Waals surface area contributed by atoms with E-state index in [0.29, 0.717) is 23.4 Å². The maximum Gasteiger partial charge on any atom is 0.220 e. The van der Waals surface area contributed by atoms with E-state index < -0.39 is 0 Å². The van der Waals surface area contributed by atoms with Gasteiger partial charge in [0.1, 0.15) is 5.82 Å². The molecule has 0 aliphatic carbocycles. The van der Waals surface area contributed by atoms with E-state index in [4.69, 9.17) is 17.3 Å². The van der Waals surface area contributed by atoms with Crippen LogP contribution < -0.4 is 11.1 Å². The fourth-order valence-electron chi connectivity index (χ4n) is 1.60. The van der Waals surface area contributed by atoms with Gasteiger partial charge in [-0.05, 0) is 38.0 Å². The van der Waals surface area contributed by atoms with Crippen LogP contribution in [0.5, 0.6) is 0 Å². The largest absolute Gasteiger partial charge is 0.350 e. The van der Waals surface area contributed by atoms with Crippen molar-refractivity contribution in [1.29, 1.82) is 0 Å². The summed E-state index contributed by atoms with van der Waals surface area (Å²) < 4.78 is 12.9. The molecule has 0 aliphatic rings. The molecule has 0 saturated carbocycles. The van der Waals surface area contributed by atoms with Gasteiger partial charge in [0.25, 0.3) is 0 Å². The van der Waals surface area contributed by atoms with E-state index in [1.165, 1.54) is 12.1 Å². The molecule has 2 unspecified atom stereocenters. The zero-order valence-electron chi connectivity index (χ0n) is 10.5. The van der Waals surface area contributed by atoms with Gasteiger partial charge in [-0.2, -0.15) is 0 Å². The first-order valence-corrected chi connectivity index (χ1v) is 6.28. The Morgan fingerprint density at radius 1 is 1.50 bits per heavy atom. The van der Waals surface area contributed by atoms with Crippen molar-refractivity contribution < 1.29 is 9.18 Å². The van der Waals surface area contributed by atoms with Crippen LogP contribution in [0, 0.1) is 5.82 Å². The molecule has 0 radical (unpaired) electrons. The van der Waals surface area contributed by atoms with E-state index in [1.807, 2.05) is 13.8 Å². The minimum Gasteiger partial charge on any atom is -0.350 e. The maximum atomic E-state index is 12.9. The predicted octanol–water partition coefficient (Wildman–Crippen LogP) is 2.78. The molecule has 0 aliphatic heterocycles. The number of amides is 1. The Bertz CT molecular complexity index is 423. The van der Waals surface area contributed by atoms with Crippen LogP contribution in [0.4, 0.5) is 4.39 Å². The lowest BCUT2D eigenvalue weighted by molar-refractivity contribution is -0.121. The molecule has 0 bridgehead atoms. The van der Waals surface area contributed by atoms with Crippen LogP contribution in [0.2, 0.25) is 5.02 Å². The van der Waals surface area contributed by atoms with Crippen molar-refractivity contribution in [3.8, 4) is 0 Å². The van der Waals surface area contributed by atoms with Gasteiger partial charge in [-0.15, -0.1) is 0 Å². The van der Waals surface area contributed by atoms with Crippen molar-refractivity contribution in [2.45, 2.75) is 38.8 Å². The molecule has 3 N–H and O–H groups in total. The molecule has 0 heterocycles. The van der Waals surface area contributed by atoms with E-state index in [2.05, 4.69) is 5.32 Å². The zero-order valence-corrected chi connectivity index (χ0v) is 11.3. The van der Waals surface area contributed by atoms with Crippen LogP contribution in [0.15, 0.2) is 18.2 Å². The minimum absolute atomic E-state index is 0.000431. The van der Waals surface area contributed by atoms with E-state index in [0.717, 1.165) is 0 Å². The van der Waals surface area contributed by atoms with Crippen LogP contribution in [0.3, 0.4) is 0 Å². The summed E-state index contributed by atoms with van der Waals surface area (Å²) >= 11 is 5.92. The van der Waals surface area contributed by atoms with Gasteiger partial charge in [0, 0.05) is 17.5 Å². The molecule has 2 atom stereocenters. The van der Waals surface area contributed by atoms with Gasteiger partial charge < -0.3 is 11.1 Å². The molecule has 5 heteroatoms. The highest BCUT2D eigenvalue weighted by molar-refractivity contribution is 6.31. The summed E-state index contributed by atoms with van der Waals surface area (Å²) in [6, 6.07) is 3.89. The Morgan fingerprint density at radius 3 is 2.72 bits per heavy atom. The fraction of sp³-hybridized carbons (Fsp3) is 0.462. The normalized spacial score (nSPS) is 14.1. The minimum atomic E-state index is -0.390. The quantitative estimate of drug-likeness (QED) is 0.866. The second kappa shape index (κ2) is 6.71. The summed E-state index contributed by atoms with van der Waals surface area (Å²) in [7, 11) is 0. The van der Waals surface area contributed by atoms with Gasteiger partial charge in [0.05, 0.1) is 6.04 Å². The first-order chi connectivity index (χ1) is 8.40. The Hall–Kier alpha value is -1.13. The van der Waals surface area contributed by atoms with Crippen LogP contribution >= 0.6 is 11.6 Å². The van der Waals surface area contributed by atoms with Crippen molar-refractivity contribution in [2.75, 3.05) is 0 Å². The van der Waals surface area contributed by atoms with Crippen LogP contribution in [0.25, 0.3) is 0 Å². The van der Waals surface area contributed by atoms with E-state index >= 15 is 0 Å². The topological polar surface area (TPSA) is 55.1 Å². The highest BCUT2D eigenvalue weighted by Crippen LogP contribution is 2.23. The van der Waals surface area contributed by atoms with E-state index in [-0.39, 0.29) is 23.8 Å². The highest BCUT2D eigenvalue weighted by Gasteiger charge is 2.13.